The molecular formula is C20H18N6O2. The Morgan fingerprint density at radius 3 is 2.54 bits per heavy atom. The molecule has 0 radical (unpaired) electrons. The van der Waals surface area contributed by atoms with Gasteiger partial charge < -0.3 is 9.05 Å². The van der Waals surface area contributed by atoms with E-state index in [2.05, 4.69) is 30.2 Å². The van der Waals surface area contributed by atoms with E-state index in [4.69, 9.17) is 9.05 Å². The first-order chi connectivity index (χ1) is 13.9. The van der Waals surface area contributed by atoms with Crippen molar-refractivity contribution >= 4 is 0 Å². The Balaban J connectivity index is 1.33. The second-order valence-electron chi connectivity index (χ2n) is 6.69. The molecule has 4 aromatic rings. The van der Waals surface area contributed by atoms with Gasteiger partial charge in [-0.3, -0.25) is 14.9 Å². The first kappa shape index (κ1) is 16.8. The predicted molar refractivity (Wildman–Crippen MR) is 99.6 cm³/mol. The van der Waals surface area contributed by atoms with Crippen LogP contribution in [-0.4, -0.2) is 36.7 Å². The van der Waals surface area contributed by atoms with Gasteiger partial charge in [0.15, 0.2) is 5.76 Å². The van der Waals surface area contributed by atoms with Gasteiger partial charge in [0.1, 0.15) is 11.4 Å². The normalized spacial score (nSPS) is 17.2. The topological polar surface area (TPSA) is 94.0 Å². The summed E-state index contributed by atoms with van der Waals surface area (Å²) in [5, 5.41) is 8.24. The maximum Gasteiger partial charge on any atom is 0.244 e. The molecule has 28 heavy (non-hydrogen) atoms. The van der Waals surface area contributed by atoms with Crippen molar-refractivity contribution in [3.8, 4) is 22.9 Å². The van der Waals surface area contributed by atoms with Crippen LogP contribution in [0.25, 0.3) is 22.9 Å². The highest BCUT2D eigenvalue weighted by Gasteiger charge is 2.31. The second kappa shape index (κ2) is 7.32. The van der Waals surface area contributed by atoms with E-state index in [9.17, 15) is 0 Å². The molecule has 0 aromatic carbocycles. The third kappa shape index (κ3) is 3.29. The number of nitrogens with zero attached hydrogens (tertiary/aromatic N) is 6. The van der Waals surface area contributed by atoms with E-state index >= 15 is 0 Å². The second-order valence-corrected chi connectivity index (χ2v) is 6.69. The van der Waals surface area contributed by atoms with Gasteiger partial charge >= 0.3 is 0 Å². The van der Waals surface area contributed by atoms with Gasteiger partial charge in [0.05, 0.1) is 18.3 Å². The number of aromatic nitrogens is 5. The molecule has 8 heteroatoms. The number of rotatable bonds is 5. The Hall–Kier alpha value is -3.39. The number of hydrogen-bond donors (Lipinski definition) is 0. The minimum absolute atomic E-state index is 0.0633. The Morgan fingerprint density at radius 2 is 1.75 bits per heavy atom. The minimum Gasteiger partial charge on any atom is -0.359 e. The highest BCUT2D eigenvalue weighted by Crippen LogP contribution is 2.33. The largest absolute Gasteiger partial charge is 0.359 e. The molecule has 0 spiro atoms. The third-order valence-electron chi connectivity index (χ3n) is 4.83. The number of hydrogen-bond acceptors (Lipinski definition) is 8. The van der Waals surface area contributed by atoms with Crippen LogP contribution in [0.2, 0.25) is 0 Å². The van der Waals surface area contributed by atoms with Crippen LogP contribution in [0, 0.1) is 0 Å². The average Bonchev–Trinajstić information content (AvgIpc) is 3.50. The van der Waals surface area contributed by atoms with E-state index in [0.29, 0.717) is 24.0 Å². The predicted octanol–water partition coefficient (Wildman–Crippen LogP) is 3.52. The van der Waals surface area contributed by atoms with Crippen molar-refractivity contribution in [2.45, 2.75) is 25.4 Å². The summed E-state index contributed by atoms with van der Waals surface area (Å²) in [4.78, 5) is 15.4. The van der Waals surface area contributed by atoms with Gasteiger partial charge in [-0.1, -0.05) is 22.4 Å². The lowest BCUT2D eigenvalue weighted by molar-refractivity contribution is 0.182. The van der Waals surface area contributed by atoms with Crippen molar-refractivity contribution in [1.29, 1.82) is 0 Å². The van der Waals surface area contributed by atoms with Gasteiger partial charge in [0, 0.05) is 18.5 Å². The van der Waals surface area contributed by atoms with E-state index in [0.717, 1.165) is 36.5 Å². The van der Waals surface area contributed by atoms with Gasteiger partial charge in [-0.15, -0.1) is 0 Å². The molecule has 140 valence electrons. The molecule has 0 unspecified atom stereocenters. The standard InChI is InChI=1S/C20H18N6O2/c1-3-9-21-15(6-1)17-12-14(27-24-17)13-26-11-5-8-18(26)20-23-19(25-28-20)16-7-2-4-10-22-16/h1-4,6-7,9-10,12,18H,5,8,11,13H2/t18-/m0/s1. The molecule has 1 aliphatic rings. The van der Waals surface area contributed by atoms with Crippen molar-refractivity contribution in [3.05, 3.63) is 66.5 Å². The van der Waals surface area contributed by atoms with Crippen molar-refractivity contribution in [2.24, 2.45) is 0 Å². The summed E-state index contributed by atoms with van der Waals surface area (Å²) in [6.45, 7) is 1.57. The molecule has 1 fully saturated rings. The number of likely N-dealkylation sites (tertiary alicyclic amines) is 1. The lowest BCUT2D eigenvalue weighted by Crippen LogP contribution is -2.22. The molecular weight excluding hydrogens is 356 g/mol. The van der Waals surface area contributed by atoms with Gasteiger partial charge in [-0.2, -0.15) is 4.98 Å². The first-order valence-corrected chi connectivity index (χ1v) is 9.23. The summed E-state index contributed by atoms with van der Waals surface area (Å²) in [5.74, 6) is 1.92. The Morgan fingerprint density at radius 1 is 0.929 bits per heavy atom. The zero-order valence-corrected chi connectivity index (χ0v) is 15.1. The fraction of sp³-hybridized carbons (Fsp3) is 0.250. The Kier molecular flexibility index (Phi) is 4.38. The highest BCUT2D eigenvalue weighted by molar-refractivity contribution is 5.53. The Bertz CT molecular complexity index is 1050. The maximum atomic E-state index is 5.55. The zero-order chi connectivity index (χ0) is 18.8. The SMILES string of the molecule is c1ccc(-c2cc(CN3CCC[C@H]3c3nc(-c4ccccn4)no3)on2)nc1. The Labute approximate surface area is 161 Å². The molecule has 1 saturated heterocycles. The summed E-state index contributed by atoms with van der Waals surface area (Å²) in [6, 6.07) is 13.4. The van der Waals surface area contributed by atoms with E-state index in [-0.39, 0.29) is 6.04 Å². The molecule has 4 aromatic heterocycles. The fourth-order valence-corrected chi connectivity index (χ4v) is 3.49. The van der Waals surface area contributed by atoms with Crippen LogP contribution in [0.1, 0.15) is 30.5 Å². The zero-order valence-electron chi connectivity index (χ0n) is 15.1. The van der Waals surface area contributed by atoms with Gasteiger partial charge in [0.2, 0.25) is 11.7 Å². The summed E-state index contributed by atoms with van der Waals surface area (Å²) < 4.78 is 11.1. The fourth-order valence-electron chi connectivity index (χ4n) is 3.49. The summed E-state index contributed by atoms with van der Waals surface area (Å²) in [7, 11) is 0. The molecule has 0 bridgehead atoms. The molecule has 1 aliphatic heterocycles. The molecule has 0 N–H and O–H groups in total. The van der Waals surface area contributed by atoms with E-state index < -0.39 is 0 Å². The van der Waals surface area contributed by atoms with Gasteiger partial charge in [-0.05, 0) is 43.7 Å². The van der Waals surface area contributed by atoms with Crippen molar-refractivity contribution in [2.75, 3.05) is 6.54 Å². The van der Waals surface area contributed by atoms with Crippen LogP contribution in [0.5, 0.6) is 0 Å². The van der Waals surface area contributed by atoms with E-state index in [1.165, 1.54) is 0 Å². The van der Waals surface area contributed by atoms with Crippen molar-refractivity contribution < 1.29 is 9.05 Å². The minimum atomic E-state index is 0.0633. The molecule has 0 amide bonds. The molecule has 8 nitrogen and oxygen atoms in total. The monoisotopic (exact) mass is 374 g/mol. The van der Waals surface area contributed by atoms with Crippen molar-refractivity contribution in [3.63, 3.8) is 0 Å². The van der Waals surface area contributed by atoms with Crippen LogP contribution in [0.4, 0.5) is 0 Å². The molecule has 0 aliphatic carbocycles. The van der Waals surface area contributed by atoms with Gasteiger partial charge in [0.25, 0.3) is 0 Å². The van der Waals surface area contributed by atoms with Crippen LogP contribution in [0.15, 0.2) is 63.9 Å². The smallest absolute Gasteiger partial charge is 0.244 e. The van der Waals surface area contributed by atoms with E-state index in [1.54, 1.807) is 12.4 Å². The van der Waals surface area contributed by atoms with Gasteiger partial charge in [-0.25, -0.2) is 0 Å². The van der Waals surface area contributed by atoms with Crippen LogP contribution in [0.3, 0.4) is 0 Å². The molecule has 5 rings (SSSR count). The lowest BCUT2D eigenvalue weighted by atomic mass is 10.2. The summed E-state index contributed by atoms with van der Waals surface area (Å²) in [5.41, 5.74) is 2.24. The quantitative estimate of drug-likeness (QED) is 0.524. The van der Waals surface area contributed by atoms with Crippen molar-refractivity contribution in [1.82, 2.24) is 30.2 Å². The third-order valence-corrected chi connectivity index (χ3v) is 4.83. The average molecular weight is 374 g/mol. The molecule has 1 atom stereocenters. The van der Waals surface area contributed by atoms with Crippen LogP contribution >= 0.6 is 0 Å². The number of pyridine rings is 2. The maximum absolute atomic E-state index is 5.55. The summed E-state index contributed by atoms with van der Waals surface area (Å²) >= 11 is 0. The molecule has 0 saturated carbocycles. The van der Waals surface area contributed by atoms with E-state index in [1.807, 2.05) is 42.5 Å². The molecule has 5 heterocycles. The van der Waals surface area contributed by atoms with Crippen LogP contribution < -0.4 is 0 Å². The lowest BCUT2D eigenvalue weighted by Gasteiger charge is -2.19. The highest BCUT2D eigenvalue weighted by atomic mass is 16.5. The first-order valence-electron chi connectivity index (χ1n) is 9.23. The summed E-state index contributed by atoms with van der Waals surface area (Å²) in [6.07, 6.45) is 5.49. The van der Waals surface area contributed by atoms with Crippen LogP contribution in [-0.2, 0) is 6.54 Å².